The lowest BCUT2D eigenvalue weighted by atomic mass is 9.89. The Labute approximate surface area is 227 Å². The molecule has 2 N–H and O–H groups in total. The highest BCUT2D eigenvalue weighted by Crippen LogP contribution is 2.59. The Morgan fingerprint density at radius 1 is 1.13 bits per heavy atom. The van der Waals surface area contributed by atoms with Gasteiger partial charge in [-0.15, -0.1) is 23.7 Å². The van der Waals surface area contributed by atoms with E-state index in [0.717, 1.165) is 37.9 Å². The summed E-state index contributed by atoms with van der Waals surface area (Å²) in [5.74, 6) is -2.58. The number of hydrogen-bond acceptors (Lipinski definition) is 7. The van der Waals surface area contributed by atoms with Crippen molar-refractivity contribution in [1.29, 1.82) is 0 Å². The SMILES string of the molecule is Cl.O=C(O)C1(NS(=O)(=O)c2ccc(-c3cc(C(F)(F)F)on3)s2)CC1(CN1CCCCC1)c1ccccc1. The van der Waals surface area contributed by atoms with Gasteiger partial charge in [0.15, 0.2) is 0 Å². The lowest BCUT2D eigenvalue weighted by Crippen LogP contribution is -2.52. The lowest BCUT2D eigenvalue weighted by Gasteiger charge is -2.33. The second-order valence-corrected chi connectivity index (χ2v) is 12.5. The molecule has 0 bridgehead atoms. The van der Waals surface area contributed by atoms with Gasteiger partial charge in [-0.05, 0) is 50.0 Å². The van der Waals surface area contributed by atoms with Gasteiger partial charge in [0, 0.05) is 18.0 Å². The van der Waals surface area contributed by atoms with Gasteiger partial charge in [-0.25, -0.2) is 8.42 Å². The van der Waals surface area contributed by atoms with Crippen molar-refractivity contribution >= 4 is 39.7 Å². The zero-order chi connectivity index (χ0) is 26.5. The number of alkyl halides is 3. The molecule has 2 fully saturated rings. The molecule has 1 aromatic carbocycles. The van der Waals surface area contributed by atoms with Crippen molar-refractivity contribution in [1.82, 2.24) is 14.8 Å². The van der Waals surface area contributed by atoms with Crippen LogP contribution in [0.4, 0.5) is 13.2 Å². The number of piperidine rings is 1. The Morgan fingerprint density at radius 2 is 1.82 bits per heavy atom. The minimum Gasteiger partial charge on any atom is -0.480 e. The topological polar surface area (TPSA) is 113 Å². The first-order valence-corrected chi connectivity index (χ1v) is 14.0. The second-order valence-electron chi connectivity index (χ2n) is 9.47. The van der Waals surface area contributed by atoms with E-state index in [4.69, 9.17) is 0 Å². The summed E-state index contributed by atoms with van der Waals surface area (Å²) in [6, 6.07) is 12.3. The van der Waals surface area contributed by atoms with Gasteiger partial charge >= 0.3 is 12.1 Å². The van der Waals surface area contributed by atoms with Crippen molar-refractivity contribution in [2.24, 2.45) is 0 Å². The number of thiophene rings is 1. The van der Waals surface area contributed by atoms with Crippen LogP contribution in [0.15, 0.2) is 57.3 Å². The molecule has 14 heteroatoms. The van der Waals surface area contributed by atoms with E-state index < -0.39 is 38.9 Å². The summed E-state index contributed by atoms with van der Waals surface area (Å²) in [6.45, 7) is 2.01. The molecule has 1 saturated carbocycles. The predicted octanol–water partition coefficient (Wildman–Crippen LogP) is 4.77. The van der Waals surface area contributed by atoms with Crippen LogP contribution in [0, 0.1) is 0 Å². The molecule has 3 heterocycles. The Bertz CT molecular complexity index is 1410. The molecule has 0 spiro atoms. The summed E-state index contributed by atoms with van der Waals surface area (Å²) in [4.78, 5) is 15.0. The molecular formula is C24H25ClF3N3O5S2. The smallest absolute Gasteiger partial charge is 0.452 e. The number of sulfonamides is 1. The van der Waals surface area contributed by atoms with Crippen LogP contribution < -0.4 is 4.72 Å². The molecule has 5 rings (SSSR count). The van der Waals surface area contributed by atoms with Crippen LogP contribution in [0.25, 0.3) is 10.6 Å². The maximum Gasteiger partial charge on any atom is 0.452 e. The lowest BCUT2D eigenvalue weighted by molar-refractivity contribution is -0.155. The molecule has 0 amide bonds. The highest BCUT2D eigenvalue weighted by molar-refractivity contribution is 7.91. The van der Waals surface area contributed by atoms with Crippen LogP contribution in [0.3, 0.4) is 0 Å². The van der Waals surface area contributed by atoms with Crippen molar-refractivity contribution in [2.75, 3.05) is 19.6 Å². The molecule has 3 aromatic rings. The van der Waals surface area contributed by atoms with Crippen molar-refractivity contribution < 1.29 is 36.0 Å². The number of carboxylic acid groups (broad SMARTS) is 1. The third-order valence-electron chi connectivity index (χ3n) is 7.09. The fraction of sp³-hybridized carbons (Fsp3) is 0.417. The average Bonchev–Trinajstić information content (AvgIpc) is 3.25. The highest BCUT2D eigenvalue weighted by Gasteiger charge is 2.75. The summed E-state index contributed by atoms with van der Waals surface area (Å²) in [5.41, 5.74) is -2.17. The molecule has 2 aliphatic rings. The van der Waals surface area contributed by atoms with Crippen LogP contribution in [0.5, 0.6) is 0 Å². The number of likely N-dealkylation sites (tertiary alicyclic amines) is 1. The number of carbonyl (C=O) groups is 1. The molecule has 1 aliphatic carbocycles. The third kappa shape index (κ3) is 5.09. The van der Waals surface area contributed by atoms with Crippen LogP contribution in [-0.2, 0) is 26.4 Å². The van der Waals surface area contributed by atoms with E-state index in [1.165, 1.54) is 12.1 Å². The predicted molar refractivity (Wildman–Crippen MR) is 136 cm³/mol. The molecule has 0 radical (unpaired) electrons. The Kier molecular flexibility index (Phi) is 7.71. The minimum absolute atomic E-state index is 0. The fourth-order valence-electron chi connectivity index (χ4n) is 5.16. The number of rotatable bonds is 8. The Morgan fingerprint density at radius 3 is 2.42 bits per heavy atom. The van der Waals surface area contributed by atoms with E-state index in [2.05, 4.69) is 19.3 Å². The molecule has 2 atom stereocenters. The molecule has 206 valence electrons. The van der Waals surface area contributed by atoms with E-state index in [0.29, 0.717) is 23.9 Å². The average molecular weight is 592 g/mol. The number of benzene rings is 1. The monoisotopic (exact) mass is 591 g/mol. The van der Waals surface area contributed by atoms with Crippen molar-refractivity contribution in [3.8, 4) is 10.6 Å². The Balaban J connectivity index is 0.00000336. The highest BCUT2D eigenvalue weighted by atomic mass is 35.5. The van der Waals surface area contributed by atoms with E-state index >= 15 is 0 Å². The van der Waals surface area contributed by atoms with Gasteiger partial charge in [0.2, 0.25) is 5.76 Å². The summed E-state index contributed by atoms with van der Waals surface area (Å²) in [7, 11) is -4.34. The first-order chi connectivity index (χ1) is 17.5. The third-order valence-corrected chi connectivity index (χ3v) is 10.2. The van der Waals surface area contributed by atoms with Gasteiger partial charge in [-0.2, -0.15) is 17.9 Å². The van der Waals surface area contributed by atoms with Gasteiger partial charge in [-0.1, -0.05) is 41.9 Å². The van der Waals surface area contributed by atoms with Crippen LogP contribution in [-0.4, -0.2) is 54.7 Å². The van der Waals surface area contributed by atoms with Crippen LogP contribution in [0.2, 0.25) is 0 Å². The summed E-state index contributed by atoms with van der Waals surface area (Å²) in [5, 5.41) is 13.7. The maximum absolute atomic E-state index is 13.4. The van der Waals surface area contributed by atoms with E-state index in [1.54, 1.807) is 12.1 Å². The maximum atomic E-state index is 13.4. The number of halogens is 4. The number of carboxylic acids is 1. The quantitative estimate of drug-likeness (QED) is 0.388. The van der Waals surface area contributed by atoms with Gasteiger partial charge in [0.25, 0.3) is 10.0 Å². The molecule has 1 aliphatic heterocycles. The normalized spacial score (nSPS) is 24.1. The number of nitrogens with one attached hydrogen (secondary N) is 1. The summed E-state index contributed by atoms with van der Waals surface area (Å²) in [6.07, 6.45) is -1.57. The van der Waals surface area contributed by atoms with Crippen molar-refractivity contribution in [3.63, 3.8) is 0 Å². The summed E-state index contributed by atoms with van der Waals surface area (Å²) >= 11 is 0.685. The van der Waals surface area contributed by atoms with Gasteiger partial charge < -0.3 is 14.5 Å². The number of hydrogen-bond donors (Lipinski definition) is 2. The molecule has 38 heavy (non-hydrogen) atoms. The van der Waals surface area contributed by atoms with Gasteiger partial charge in [-0.3, -0.25) is 4.79 Å². The van der Waals surface area contributed by atoms with Gasteiger partial charge in [0.1, 0.15) is 15.4 Å². The molecular weight excluding hydrogens is 567 g/mol. The first kappa shape index (κ1) is 28.6. The molecule has 8 nitrogen and oxygen atoms in total. The van der Waals surface area contributed by atoms with Gasteiger partial charge in [0.05, 0.1) is 4.88 Å². The number of aromatic nitrogens is 1. The fourth-order valence-corrected chi connectivity index (χ4v) is 7.84. The number of nitrogens with zero attached hydrogens (tertiary/aromatic N) is 2. The van der Waals surface area contributed by atoms with E-state index in [1.807, 2.05) is 18.2 Å². The van der Waals surface area contributed by atoms with Crippen LogP contribution in [0.1, 0.15) is 37.0 Å². The largest absolute Gasteiger partial charge is 0.480 e. The second kappa shape index (κ2) is 10.3. The molecule has 1 saturated heterocycles. The first-order valence-electron chi connectivity index (χ1n) is 11.7. The van der Waals surface area contributed by atoms with E-state index in [9.17, 15) is 31.5 Å². The minimum atomic E-state index is -4.73. The standard InChI is InChI=1S/C24H24F3N3O5S2.ClH/c25-24(26,27)19-13-17(28-35-19)18-9-10-20(36-18)37(33,34)29-23(21(31)32)14-22(23,16-7-3-1-4-8-16)15-30-11-5-2-6-12-30;/h1,3-4,7-10,13,29H,2,5-6,11-12,14-15H2,(H,31,32);1H. The molecule has 2 aromatic heterocycles. The molecule has 2 unspecified atom stereocenters. The van der Waals surface area contributed by atoms with Crippen molar-refractivity contribution in [3.05, 3.63) is 59.9 Å². The zero-order valence-electron chi connectivity index (χ0n) is 19.9. The van der Waals surface area contributed by atoms with E-state index in [-0.39, 0.29) is 33.6 Å². The zero-order valence-corrected chi connectivity index (χ0v) is 22.4. The van der Waals surface area contributed by atoms with Crippen molar-refractivity contribution in [2.45, 2.75) is 47.0 Å². The Hall–Kier alpha value is -2.45. The number of aliphatic carboxylic acids is 1. The summed E-state index contributed by atoms with van der Waals surface area (Å²) < 4.78 is 72.0. The van der Waals surface area contributed by atoms with Crippen LogP contribution >= 0.6 is 23.7 Å².